The first-order valence-electron chi connectivity index (χ1n) is 6.14. The van der Waals surface area contributed by atoms with E-state index < -0.39 is 5.97 Å². The van der Waals surface area contributed by atoms with Gasteiger partial charge in [0.1, 0.15) is 5.39 Å². The molecule has 0 saturated heterocycles. The van der Waals surface area contributed by atoms with Crippen LogP contribution in [0.5, 0.6) is 0 Å². The molecule has 1 aromatic carbocycles. The maximum atomic E-state index is 12.2. The zero-order valence-electron chi connectivity index (χ0n) is 11.1. The highest BCUT2D eigenvalue weighted by molar-refractivity contribution is 5.87. The Labute approximate surface area is 118 Å². The fourth-order valence-electron chi connectivity index (χ4n) is 2.01. The number of aromatic nitrogens is 5. The maximum Gasteiger partial charge on any atom is 0.335 e. The minimum Gasteiger partial charge on any atom is -0.478 e. The maximum absolute atomic E-state index is 12.2. The van der Waals surface area contributed by atoms with Crippen molar-refractivity contribution in [2.75, 3.05) is 0 Å². The van der Waals surface area contributed by atoms with Gasteiger partial charge in [0.25, 0.3) is 5.56 Å². The minimum absolute atomic E-state index is 0.194. The molecule has 106 valence electrons. The lowest BCUT2D eigenvalue weighted by Crippen LogP contribution is -2.24. The highest BCUT2D eigenvalue weighted by Gasteiger charge is 2.10. The first kappa shape index (κ1) is 13.0. The average molecular weight is 285 g/mol. The third-order valence-corrected chi connectivity index (χ3v) is 3.15. The predicted octanol–water partition coefficient (Wildman–Crippen LogP) is 0.271. The smallest absolute Gasteiger partial charge is 0.335 e. The molecule has 0 fully saturated rings. The molecular weight excluding hydrogens is 274 g/mol. The van der Waals surface area contributed by atoms with Gasteiger partial charge >= 0.3 is 5.97 Å². The van der Waals surface area contributed by atoms with Gasteiger partial charge in [-0.15, -0.1) is 5.10 Å². The number of aryl methyl sites for hydroxylation is 1. The number of hydrogen-bond donors (Lipinski definition) is 1. The first-order chi connectivity index (χ1) is 10.1. The number of hydrogen-bond acceptors (Lipinski definition) is 5. The summed E-state index contributed by atoms with van der Waals surface area (Å²) in [7, 11) is 1.69. The van der Waals surface area contributed by atoms with Crippen LogP contribution >= 0.6 is 0 Å². The first-order valence-corrected chi connectivity index (χ1v) is 6.14. The monoisotopic (exact) mass is 285 g/mol. The zero-order chi connectivity index (χ0) is 15.0. The van der Waals surface area contributed by atoms with Crippen molar-refractivity contribution in [3.8, 4) is 0 Å². The summed E-state index contributed by atoms with van der Waals surface area (Å²) in [6, 6.07) is 6.26. The van der Waals surface area contributed by atoms with E-state index in [0.717, 1.165) is 5.56 Å². The van der Waals surface area contributed by atoms with Crippen LogP contribution in [0.25, 0.3) is 11.0 Å². The fraction of sp³-hybridized carbons (Fsp3) is 0.154. The second kappa shape index (κ2) is 4.82. The van der Waals surface area contributed by atoms with Crippen molar-refractivity contribution in [3.05, 3.63) is 51.9 Å². The number of carboxylic acids is 1. The molecule has 0 spiro atoms. The molecule has 8 heteroatoms. The van der Waals surface area contributed by atoms with Crippen LogP contribution in [-0.4, -0.2) is 35.9 Å². The van der Waals surface area contributed by atoms with Crippen molar-refractivity contribution in [3.63, 3.8) is 0 Å². The molecule has 0 atom stereocenters. The van der Waals surface area contributed by atoms with Crippen LogP contribution in [0.15, 0.2) is 35.3 Å². The van der Waals surface area contributed by atoms with E-state index in [1.165, 1.54) is 27.7 Å². The van der Waals surface area contributed by atoms with Gasteiger partial charge in [0, 0.05) is 7.05 Å². The Morgan fingerprint density at radius 3 is 2.67 bits per heavy atom. The van der Waals surface area contributed by atoms with E-state index in [-0.39, 0.29) is 17.7 Å². The summed E-state index contributed by atoms with van der Waals surface area (Å²) in [6.07, 6.45) is 1.45. The number of fused-ring (bicyclic) bond motifs is 1. The number of aromatic carboxylic acids is 1. The summed E-state index contributed by atoms with van der Waals surface area (Å²) in [5.41, 5.74) is 1.10. The second-order valence-corrected chi connectivity index (χ2v) is 4.56. The van der Waals surface area contributed by atoms with Crippen molar-refractivity contribution in [1.82, 2.24) is 24.8 Å². The van der Waals surface area contributed by atoms with Crippen molar-refractivity contribution < 1.29 is 9.90 Å². The van der Waals surface area contributed by atoms with Crippen LogP contribution in [-0.2, 0) is 13.6 Å². The van der Waals surface area contributed by atoms with Crippen molar-refractivity contribution in [1.29, 1.82) is 0 Å². The van der Waals surface area contributed by atoms with Gasteiger partial charge in [-0.3, -0.25) is 4.79 Å². The number of rotatable bonds is 3. The summed E-state index contributed by atoms with van der Waals surface area (Å²) in [5.74, 6) is -0.990. The van der Waals surface area contributed by atoms with Crippen molar-refractivity contribution in [2.45, 2.75) is 6.54 Å². The van der Waals surface area contributed by atoms with Gasteiger partial charge in [-0.2, -0.15) is 5.10 Å². The average Bonchev–Trinajstić information content (AvgIpc) is 2.85. The Hall–Kier alpha value is -3.03. The van der Waals surface area contributed by atoms with Crippen LogP contribution < -0.4 is 5.56 Å². The molecule has 21 heavy (non-hydrogen) atoms. The molecule has 0 aliphatic rings. The van der Waals surface area contributed by atoms with Crippen LogP contribution in [0.3, 0.4) is 0 Å². The van der Waals surface area contributed by atoms with Crippen LogP contribution in [0.1, 0.15) is 15.9 Å². The highest BCUT2D eigenvalue weighted by atomic mass is 16.4. The Bertz CT molecular complexity index is 879. The molecule has 8 nitrogen and oxygen atoms in total. The van der Waals surface area contributed by atoms with Crippen LogP contribution in [0.4, 0.5) is 0 Å². The van der Waals surface area contributed by atoms with E-state index in [1.54, 1.807) is 19.2 Å². The molecule has 3 aromatic rings. The molecule has 0 aliphatic carbocycles. The van der Waals surface area contributed by atoms with E-state index in [9.17, 15) is 9.59 Å². The van der Waals surface area contributed by atoms with Crippen molar-refractivity contribution in [2.24, 2.45) is 7.05 Å². The quantitative estimate of drug-likeness (QED) is 0.741. The standard InChI is InChI=1S/C13H11N5O3/c1-17-11-10(6-14-17)12(19)18(16-15-11)7-8-2-4-9(5-3-8)13(20)21/h2-6H,7H2,1H3,(H,20,21). The van der Waals surface area contributed by atoms with Gasteiger partial charge in [-0.1, -0.05) is 17.3 Å². The number of nitrogens with zero attached hydrogens (tertiary/aromatic N) is 5. The molecule has 3 rings (SSSR count). The molecule has 0 amide bonds. The molecule has 2 aromatic heterocycles. The number of carbonyl (C=O) groups is 1. The molecular formula is C13H11N5O3. The van der Waals surface area contributed by atoms with Gasteiger partial charge in [-0.25, -0.2) is 14.2 Å². The van der Waals surface area contributed by atoms with Crippen LogP contribution in [0, 0.1) is 0 Å². The topological polar surface area (TPSA) is 103 Å². The Balaban J connectivity index is 1.96. The molecule has 1 N–H and O–H groups in total. The molecule has 0 saturated carbocycles. The van der Waals surface area contributed by atoms with Crippen LogP contribution in [0.2, 0.25) is 0 Å². The fourth-order valence-corrected chi connectivity index (χ4v) is 2.01. The van der Waals surface area contributed by atoms with Crippen molar-refractivity contribution >= 4 is 17.0 Å². The van der Waals surface area contributed by atoms with Gasteiger partial charge in [0.15, 0.2) is 5.65 Å². The zero-order valence-corrected chi connectivity index (χ0v) is 11.1. The summed E-state index contributed by atoms with van der Waals surface area (Å²) in [6.45, 7) is 0.219. The molecule has 0 unspecified atom stereocenters. The van der Waals surface area contributed by atoms with E-state index in [4.69, 9.17) is 5.11 Å². The Morgan fingerprint density at radius 1 is 1.29 bits per heavy atom. The van der Waals surface area contributed by atoms with E-state index in [0.29, 0.717) is 11.0 Å². The Morgan fingerprint density at radius 2 is 2.00 bits per heavy atom. The van der Waals surface area contributed by atoms with Gasteiger partial charge in [-0.05, 0) is 17.7 Å². The lowest BCUT2D eigenvalue weighted by atomic mass is 10.1. The second-order valence-electron chi connectivity index (χ2n) is 4.56. The highest BCUT2D eigenvalue weighted by Crippen LogP contribution is 2.06. The van der Waals surface area contributed by atoms with E-state index in [1.807, 2.05) is 0 Å². The molecule has 0 aliphatic heterocycles. The third-order valence-electron chi connectivity index (χ3n) is 3.15. The lowest BCUT2D eigenvalue weighted by molar-refractivity contribution is 0.0697. The SMILES string of the molecule is Cn1ncc2c(=O)n(Cc3ccc(C(=O)O)cc3)nnc21. The summed E-state index contributed by atoms with van der Waals surface area (Å²) in [4.78, 5) is 23.0. The number of benzene rings is 1. The van der Waals surface area contributed by atoms with E-state index >= 15 is 0 Å². The van der Waals surface area contributed by atoms with Gasteiger partial charge in [0.2, 0.25) is 0 Å². The largest absolute Gasteiger partial charge is 0.478 e. The Kier molecular flexibility index (Phi) is 2.98. The molecule has 0 radical (unpaired) electrons. The summed E-state index contributed by atoms with van der Waals surface area (Å²) in [5, 5.41) is 21.0. The molecule has 0 bridgehead atoms. The summed E-state index contributed by atoms with van der Waals surface area (Å²) < 4.78 is 2.70. The lowest BCUT2D eigenvalue weighted by Gasteiger charge is -2.04. The predicted molar refractivity (Wildman–Crippen MR) is 73.1 cm³/mol. The van der Waals surface area contributed by atoms with Gasteiger partial charge < -0.3 is 5.11 Å². The van der Waals surface area contributed by atoms with E-state index in [2.05, 4.69) is 15.4 Å². The normalized spacial score (nSPS) is 10.9. The summed E-state index contributed by atoms with van der Waals surface area (Å²) >= 11 is 0. The minimum atomic E-state index is -0.990. The number of carboxylic acid groups (broad SMARTS) is 1. The molecule has 2 heterocycles. The van der Waals surface area contributed by atoms with Gasteiger partial charge in [0.05, 0.1) is 18.3 Å². The third kappa shape index (κ3) is 2.27.